The van der Waals surface area contributed by atoms with Crippen LogP contribution in [0.25, 0.3) is 11.4 Å². The molecule has 0 unspecified atom stereocenters. The molecule has 2 aromatic rings. The normalized spacial score (nSPS) is 15.5. The van der Waals surface area contributed by atoms with Gasteiger partial charge in [0.15, 0.2) is 5.82 Å². The first-order chi connectivity index (χ1) is 9.33. The van der Waals surface area contributed by atoms with Crippen molar-refractivity contribution < 1.29 is 0 Å². The summed E-state index contributed by atoms with van der Waals surface area (Å²) in [4.78, 5) is 22.9. The van der Waals surface area contributed by atoms with Crippen molar-refractivity contribution in [2.45, 2.75) is 19.3 Å². The van der Waals surface area contributed by atoms with Gasteiger partial charge in [0.25, 0.3) is 0 Å². The van der Waals surface area contributed by atoms with Crippen molar-refractivity contribution >= 4 is 11.9 Å². The summed E-state index contributed by atoms with van der Waals surface area (Å²) in [7, 11) is 0. The molecular formula is C12H15N7. The fourth-order valence-corrected chi connectivity index (χ4v) is 2.16. The topological polar surface area (TPSA) is 93.7 Å². The van der Waals surface area contributed by atoms with Gasteiger partial charge in [0.1, 0.15) is 6.33 Å². The second kappa shape index (κ2) is 5.13. The quantitative estimate of drug-likeness (QED) is 0.854. The number of rotatable bonds is 2. The van der Waals surface area contributed by atoms with E-state index in [-0.39, 0.29) is 5.95 Å². The molecular weight excluding hydrogens is 242 g/mol. The predicted molar refractivity (Wildman–Crippen MR) is 71.3 cm³/mol. The summed E-state index contributed by atoms with van der Waals surface area (Å²) in [6, 6.07) is 0. The summed E-state index contributed by atoms with van der Waals surface area (Å²) < 4.78 is 0. The van der Waals surface area contributed by atoms with Crippen molar-refractivity contribution in [2.75, 3.05) is 23.7 Å². The van der Waals surface area contributed by atoms with E-state index >= 15 is 0 Å². The smallest absolute Gasteiger partial charge is 0.230 e. The minimum Gasteiger partial charge on any atom is -0.368 e. The highest BCUT2D eigenvalue weighted by molar-refractivity contribution is 5.55. The van der Waals surface area contributed by atoms with Crippen LogP contribution in [0.5, 0.6) is 0 Å². The molecule has 0 atom stereocenters. The molecule has 98 valence electrons. The molecule has 0 aliphatic carbocycles. The fourth-order valence-electron chi connectivity index (χ4n) is 2.16. The summed E-state index contributed by atoms with van der Waals surface area (Å²) in [6.07, 6.45) is 8.39. The Hall–Kier alpha value is -2.31. The van der Waals surface area contributed by atoms with Crippen LogP contribution in [0.15, 0.2) is 18.7 Å². The number of hydrogen-bond donors (Lipinski definition) is 1. The molecule has 1 fully saturated rings. The molecule has 1 aliphatic rings. The first-order valence-corrected chi connectivity index (χ1v) is 6.35. The zero-order valence-electron chi connectivity index (χ0n) is 10.5. The van der Waals surface area contributed by atoms with Crippen LogP contribution in [0.2, 0.25) is 0 Å². The molecule has 3 heterocycles. The molecule has 0 saturated carbocycles. The average molecular weight is 257 g/mol. The van der Waals surface area contributed by atoms with E-state index in [0.717, 1.165) is 31.5 Å². The number of anilines is 2. The molecule has 7 heteroatoms. The second-order valence-corrected chi connectivity index (χ2v) is 4.49. The Labute approximate surface area is 111 Å². The highest BCUT2D eigenvalue weighted by Crippen LogP contribution is 2.20. The van der Waals surface area contributed by atoms with Crippen molar-refractivity contribution in [3.63, 3.8) is 0 Å². The maximum Gasteiger partial charge on any atom is 0.230 e. The van der Waals surface area contributed by atoms with Crippen LogP contribution >= 0.6 is 0 Å². The molecule has 2 N–H and O–H groups in total. The van der Waals surface area contributed by atoms with Gasteiger partial charge in [-0.2, -0.15) is 15.0 Å². The SMILES string of the molecule is Nc1nc(-c2cncnc2)nc(N2CCCCC2)n1. The summed E-state index contributed by atoms with van der Waals surface area (Å²) in [5.41, 5.74) is 6.52. The summed E-state index contributed by atoms with van der Waals surface area (Å²) in [5.74, 6) is 1.40. The summed E-state index contributed by atoms with van der Waals surface area (Å²) in [6.45, 7) is 1.93. The molecule has 0 bridgehead atoms. The van der Waals surface area contributed by atoms with E-state index in [9.17, 15) is 0 Å². The van der Waals surface area contributed by atoms with Gasteiger partial charge in [-0.05, 0) is 19.3 Å². The van der Waals surface area contributed by atoms with Crippen molar-refractivity contribution in [3.8, 4) is 11.4 Å². The van der Waals surface area contributed by atoms with E-state index in [0.29, 0.717) is 11.8 Å². The van der Waals surface area contributed by atoms with Crippen molar-refractivity contribution in [3.05, 3.63) is 18.7 Å². The minimum atomic E-state index is 0.231. The number of hydrogen-bond acceptors (Lipinski definition) is 7. The molecule has 7 nitrogen and oxygen atoms in total. The molecule has 19 heavy (non-hydrogen) atoms. The van der Waals surface area contributed by atoms with Crippen LogP contribution in [0.1, 0.15) is 19.3 Å². The monoisotopic (exact) mass is 257 g/mol. The van der Waals surface area contributed by atoms with E-state index in [2.05, 4.69) is 29.8 Å². The molecule has 0 radical (unpaired) electrons. The summed E-state index contributed by atoms with van der Waals surface area (Å²) in [5, 5.41) is 0. The number of aromatic nitrogens is 5. The Morgan fingerprint density at radius 1 is 0.947 bits per heavy atom. The van der Waals surface area contributed by atoms with Gasteiger partial charge < -0.3 is 10.6 Å². The van der Waals surface area contributed by atoms with E-state index in [1.807, 2.05) is 0 Å². The van der Waals surface area contributed by atoms with Gasteiger partial charge in [-0.25, -0.2) is 9.97 Å². The Morgan fingerprint density at radius 3 is 2.42 bits per heavy atom. The van der Waals surface area contributed by atoms with Crippen molar-refractivity contribution in [1.29, 1.82) is 0 Å². The van der Waals surface area contributed by atoms with Crippen LogP contribution in [0, 0.1) is 0 Å². The maximum atomic E-state index is 5.77. The number of piperidine rings is 1. The molecule has 0 spiro atoms. The third-order valence-electron chi connectivity index (χ3n) is 3.10. The number of nitrogens with zero attached hydrogens (tertiary/aromatic N) is 6. The lowest BCUT2D eigenvalue weighted by atomic mass is 10.1. The lowest BCUT2D eigenvalue weighted by molar-refractivity contribution is 0.568. The van der Waals surface area contributed by atoms with E-state index in [4.69, 9.17) is 5.73 Å². The molecule has 0 amide bonds. The lowest BCUT2D eigenvalue weighted by Gasteiger charge is -2.26. The lowest BCUT2D eigenvalue weighted by Crippen LogP contribution is -2.31. The van der Waals surface area contributed by atoms with Crippen molar-refractivity contribution in [2.24, 2.45) is 0 Å². The first kappa shape index (κ1) is 11.8. The molecule has 2 aromatic heterocycles. The fraction of sp³-hybridized carbons (Fsp3) is 0.417. The molecule has 1 aliphatic heterocycles. The van der Waals surface area contributed by atoms with Gasteiger partial charge >= 0.3 is 0 Å². The highest BCUT2D eigenvalue weighted by Gasteiger charge is 2.16. The standard InChI is InChI=1S/C12H15N7/c13-11-16-10(9-6-14-8-15-7-9)17-12(18-11)19-4-2-1-3-5-19/h6-8H,1-5H2,(H2,13,16,17,18). The first-order valence-electron chi connectivity index (χ1n) is 6.35. The molecule has 0 aromatic carbocycles. The third-order valence-corrected chi connectivity index (χ3v) is 3.10. The molecule has 1 saturated heterocycles. The Kier molecular flexibility index (Phi) is 3.18. The van der Waals surface area contributed by atoms with Gasteiger partial charge in [0.05, 0.1) is 5.56 Å². The zero-order chi connectivity index (χ0) is 13.1. The second-order valence-electron chi connectivity index (χ2n) is 4.49. The third kappa shape index (κ3) is 2.59. The molecule has 3 rings (SSSR count). The predicted octanol–water partition coefficient (Wildman–Crippen LogP) is 0.901. The van der Waals surface area contributed by atoms with Crippen LogP contribution in [0.3, 0.4) is 0 Å². The Morgan fingerprint density at radius 2 is 1.68 bits per heavy atom. The van der Waals surface area contributed by atoms with Gasteiger partial charge in [-0.3, -0.25) is 0 Å². The Balaban J connectivity index is 1.96. The Bertz CT molecular complexity index is 551. The minimum absolute atomic E-state index is 0.231. The van der Waals surface area contributed by atoms with Crippen molar-refractivity contribution in [1.82, 2.24) is 24.9 Å². The largest absolute Gasteiger partial charge is 0.368 e. The highest BCUT2D eigenvalue weighted by atomic mass is 15.3. The number of nitrogens with two attached hydrogens (primary N) is 1. The van der Waals surface area contributed by atoms with Gasteiger partial charge in [0.2, 0.25) is 11.9 Å². The summed E-state index contributed by atoms with van der Waals surface area (Å²) >= 11 is 0. The van der Waals surface area contributed by atoms with Crippen LogP contribution < -0.4 is 10.6 Å². The van der Waals surface area contributed by atoms with Gasteiger partial charge in [-0.15, -0.1) is 0 Å². The van der Waals surface area contributed by atoms with E-state index in [1.54, 1.807) is 12.4 Å². The van der Waals surface area contributed by atoms with Gasteiger partial charge in [0, 0.05) is 25.5 Å². The zero-order valence-corrected chi connectivity index (χ0v) is 10.5. The average Bonchev–Trinajstić information content (AvgIpc) is 2.48. The van der Waals surface area contributed by atoms with Crippen LogP contribution in [-0.4, -0.2) is 38.0 Å². The van der Waals surface area contributed by atoms with E-state index in [1.165, 1.54) is 12.7 Å². The number of nitrogen functional groups attached to an aromatic ring is 1. The van der Waals surface area contributed by atoms with E-state index < -0.39 is 0 Å². The van der Waals surface area contributed by atoms with Gasteiger partial charge in [-0.1, -0.05) is 0 Å². The van der Waals surface area contributed by atoms with Crippen LogP contribution in [0.4, 0.5) is 11.9 Å². The maximum absolute atomic E-state index is 5.77. The van der Waals surface area contributed by atoms with Crippen LogP contribution in [-0.2, 0) is 0 Å².